The topological polar surface area (TPSA) is 35.2 Å². The molecule has 0 aromatic heterocycles. The second-order valence-corrected chi connectivity index (χ2v) is 2.33. The maximum Gasteiger partial charge on any atom is 0.114 e. The molecule has 2 nitrogen and oxygen atoms in total. The van der Waals surface area contributed by atoms with Crippen molar-refractivity contribution in [3.63, 3.8) is 0 Å². The van der Waals surface area contributed by atoms with Crippen molar-refractivity contribution in [1.82, 2.24) is 0 Å². The van der Waals surface area contributed by atoms with E-state index < -0.39 is 0 Å². The lowest BCUT2D eigenvalue weighted by Gasteiger charge is -2.04. The third kappa shape index (κ3) is 1.45. The molecule has 0 amide bonds. The molecule has 1 rings (SSSR count). The summed E-state index contributed by atoms with van der Waals surface area (Å²) in [5.41, 5.74) is 6.77. The van der Waals surface area contributed by atoms with E-state index in [1.807, 2.05) is 6.26 Å². The summed E-state index contributed by atoms with van der Waals surface area (Å²) in [5.74, 6) is 0. The van der Waals surface area contributed by atoms with E-state index in [9.17, 15) is 0 Å². The van der Waals surface area contributed by atoms with Gasteiger partial charge in [-0.1, -0.05) is 6.92 Å². The molecule has 0 fully saturated rings. The summed E-state index contributed by atoms with van der Waals surface area (Å²) in [6.07, 6.45) is 4.24. The van der Waals surface area contributed by atoms with Gasteiger partial charge in [0.1, 0.15) is 6.10 Å². The molecule has 1 aliphatic rings. The zero-order valence-corrected chi connectivity index (χ0v) is 5.76. The first-order chi connectivity index (χ1) is 4.36. The minimum absolute atomic E-state index is 0.264. The van der Waals surface area contributed by atoms with Gasteiger partial charge < -0.3 is 10.5 Å². The monoisotopic (exact) mass is 127 g/mol. The number of hydrogen-bond acceptors (Lipinski definition) is 2. The van der Waals surface area contributed by atoms with Crippen molar-refractivity contribution in [2.45, 2.75) is 25.9 Å². The highest BCUT2D eigenvalue weighted by molar-refractivity contribution is 5.04. The van der Waals surface area contributed by atoms with Gasteiger partial charge in [-0.15, -0.1) is 0 Å². The molecular formula is C7H13NO. The Morgan fingerprint density at radius 3 is 3.00 bits per heavy atom. The summed E-state index contributed by atoms with van der Waals surface area (Å²) in [6, 6.07) is 0. The second kappa shape index (κ2) is 2.87. The predicted octanol–water partition coefficient (Wildman–Crippen LogP) is 1.03. The molecule has 0 bridgehead atoms. The van der Waals surface area contributed by atoms with Crippen molar-refractivity contribution < 1.29 is 4.74 Å². The Balaban J connectivity index is 2.31. The van der Waals surface area contributed by atoms with Crippen molar-refractivity contribution in [2.24, 2.45) is 5.73 Å². The molecule has 2 N–H and O–H groups in total. The van der Waals surface area contributed by atoms with Gasteiger partial charge >= 0.3 is 0 Å². The Morgan fingerprint density at radius 1 is 1.89 bits per heavy atom. The largest absolute Gasteiger partial charge is 0.496 e. The summed E-state index contributed by atoms with van der Waals surface area (Å²) in [4.78, 5) is 0. The van der Waals surface area contributed by atoms with Crippen LogP contribution in [0, 0.1) is 0 Å². The molecular weight excluding hydrogens is 114 g/mol. The van der Waals surface area contributed by atoms with E-state index in [2.05, 4.69) is 6.92 Å². The highest BCUT2D eigenvalue weighted by Crippen LogP contribution is 2.18. The molecule has 2 heteroatoms. The van der Waals surface area contributed by atoms with Gasteiger partial charge in [0.15, 0.2) is 0 Å². The van der Waals surface area contributed by atoms with E-state index in [1.165, 1.54) is 5.57 Å². The Morgan fingerprint density at radius 2 is 2.67 bits per heavy atom. The van der Waals surface area contributed by atoms with E-state index in [4.69, 9.17) is 10.5 Å². The van der Waals surface area contributed by atoms with E-state index in [1.54, 1.807) is 0 Å². The third-order valence-corrected chi connectivity index (χ3v) is 1.63. The van der Waals surface area contributed by atoms with Crippen LogP contribution in [-0.2, 0) is 4.74 Å². The summed E-state index contributed by atoms with van der Waals surface area (Å²) in [5, 5.41) is 0. The molecule has 0 spiro atoms. The number of rotatable bonds is 2. The normalized spacial score (nSPS) is 25.6. The molecule has 0 aromatic rings. The SMILES string of the molecule is CCC1=CO[C@H](CN)C1. The molecule has 0 aliphatic carbocycles. The van der Waals surface area contributed by atoms with Gasteiger partial charge in [-0.25, -0.2) is 0 Å². The summed E-state index contributed by atoms with van der Waals surface area (Å²) >= 11 is 0. The van der Waals surface area contributed by atoms with Gasteiger partial charge in [0.2, 0.25) is 0 Å². The molecule has 0 aromatic carbocycles. The van der Waals surface area contributed by atoms with Crippen molar-refractivity contribution in [1.29, 1.82) is 0 Å². The van der Waals surface area contributed by atoms with Crippen LogP contribution >= 0.6 is 0 Å². The van der Waals surface area contributed by atoms with E-state index in [0.29, 0.717) is 6.54 Å². The quantitative estimate of drug-likeness (QED) is 0.601. The predicted molar refractivity (Wildman–Crippen MR) is 36.9 cm³/mol. The van der Waals surface area contributed by atoms with Crippen molar-refractivity contribution in [3.05, 3.63) is 11.8 Å². The van der Waals surface area contributed by atoms with E-state index in [0.717, 1.165) is 12.8 Å². The molecule has 0 saturated carbocycles. The van der Waals surface area contributed by atoms with Crippen LogP contribution < -0.4 is 5.73 Å². The average molecular weight is 127 g/mol. The molecule has 9 heavy (non-hydrogen) atoms. The maximum absolute atomic E-state index is 5.39. The summed E-state index contributed by atoms with van der Waals surface area (Å²) in [6.45, 7) is 2.77. The molecule has 0 unspecified atom stereocenters. The third-order valence-electron chi connectivity index (χ3n) is 1.63. The Labute approximate surface area is 55.7 Å². The highest BCUT2D eigenvalue weighted by atomic mass is 16.5. The zero-order valence-electron chi connectivity index (χ0n) is 5.76. The van der Waals surface area contributed by atoms with Gasteiger partial charge in [-0.3, -0.25) is 0 Å². The van der Waals surface area contributed by atoms with Crippen molar-refractivity contribution in [3.8, 4) is 0 Å². The van der Waals surface area contributed by atoms with Crippen LogP contribution in [0.15, 0.2) is 11.8 Å². The number of nitrogens with two attached hydrogens (primary N) is 1. The molecule has 0 saturated heterocycles. The first-order valence-corrected chi connectivity index (χ1v) is 3.40. The van der Waals surface area contributed by atoms with Gasteiger partial charge in [-0.2, -0.15) is 0 Å². The van der Waals surface area contributed by atoms with Crippen LogP contribution in [0.4, 0.5) is 0 Å². The van der Waals surface area contributed by atoms with Crippen LogP contribution in [-0.4, -0.2) is 12.6 Å². The Hall–Kier alpha value is -0.500. The van der Waals surface area contributed by atoms with Crippen LogP contribution in [0.25, 0.3) is 0 Å². The average Bonchev–Trinajstić information content (AvgIpc) is 2.34. The van der Waals surface area contributed by atoms with Crippen molar-refractivity contribution in [2.75, 3.05) is 6.54 Å². The fourth-order valence-electron chi connectivity index (χ4n) is 0.948. The smallest absolute Gasteiger partial charge is 0.114 e. The molecule has 52 valence electrons. The first kappa shape index (κ1) is 6.62. The van der Waals surface area contributed by atoms with E-state index in [-0.39, 0.29) is 6.10 Å². The highest BCUT2D eigenvalue weighted by Gasteiger charge is 2.14. The molecule has 1 atom stereocenters. The first-order valence-electron chi connectivity index (χ1n) is 3.40. The van der Waals surface area contributed by atoms with E-state index >= 15 is 0 Å². The van der Waals surface area contributed by atoms with Crippen molar-refractivity contribution >= 4 is 0 Å². The second-order valence-electron chi connectivity index (χ2n) is 2.33. The lowest BCUT2D eigenvalue weighted by atomic mass is 10.1. The van der Waals surface area contributed by atoms with Gasteiger partial charge in [0, 0.05) is 13.0 Å². The van der Waals surface area contributed by atoms with Crippen LogP contribution in [0.2, 0.25) is 0 Å². The van der Waals surface area contributed by atoms with Crippen LogP contribution in [0.3, 0.4) is 0 Å². The Bertz CT molecular complexity index is 120. The lowest BCUT2D eigenvalue weighted by Crippen LogP contribution is -2.18. The minimum atomic E-state index is 0.264. The summed E-state index contributed by atoms with van der Waals surface area (Å²) in [7, 11) is 0. The number of ether oxygens (including phenoxy) is 1. The lowest BCUT2D eigenvalue weighted by molar-refractivity contribution is 0.178. The maximum atomic E-state index is 5.39. The van der Waals surface area contributed by atoms with Gasteiger partial charge in [-0.05, 0) is 12.0 Å². The van der Waals surface area contributed by atoms with Crippen LogP contribution in [0.1, 0.15) is 19.8 Å². The minimum Gasteiger partial charge on any atom is -0.496 e. The standard InChI is InChI=1S/C7H13NO/c1-2-6-3-7(4-8)9-5-6/h5,7H,2-4,8H2,1H3/t7-/m0/s1. The fourth-order valence-corrected chi connectivity index (χ4v) is 0.948. The zero-order chi connectivity index (χ0) is 6.69. The Kier molecular flexibility index (Phi) is 2.11. The molecule has 1 aliphatic heterocycles. The van der Waals surface area contributed by atoms with Crippen LogP contribution in [0.5, 0.6) is 0 Å². The molecule has 1 heterocycles. The van der Waals surface area contributed by atoms with Gasteiger partial charge in [0.25, 0.3) is 0 Å². The molecule has 0 radical (unpaired) electrons. The van der Waals surface area contributed by atoms with Gasteiger partial charge in [0.05, 0.1) is 6.26 Å². The fraction of sp³-hybridized carbons (Fsp3) is 0.714. The number of hydrogen-bond donors (Lipinski definition) is 1. The summed E-state index contributed by atoms with van der Waals surface area (Å²) < 4.78 is 5.22.